The second kappa shape index (κ2) is 6.62. The number of aliphatic hydroxyl groups excluding tert-OH is 1. The van der Waals surface area contributed by atoms with E-state index < -0.39 is 5.97 Å². The highest BCUT2D eigenvalue weighted by atomic mass is 16.4. The first-order chi connectivity index (χ1) is 12.8. The SMILES string of the molecule is C[C@@H](/C=C/C(=O)O)C1=CC[C@H]2[C@@H]3CC=C4C[C@@H](O)CC[C@]4(C)[C@H]3CC[C@]12C. The average Bonchev–Trinajstić information content (AvgIpc) is 2.97. The zero-order valence-electron chi connectivity index (χ0n) is 16.9. The lowest BCUT2D eigenvalue weighted by Crippen LogP contribution is -2.50. The van der Waals surface area contributed by atoms with Gasteiger partial charge in [-0.25, -0.2) is 4.79 Å². The molecule has 7 atom stereocenters. The van der Waals surface area contributed by atoms with E-state index in [2.05, 4.69) is 32.9 Å². The molecular formula is C24H34O3. The Morgan fingerprint density at radius 3 is 2.63 bits per heavy atom. The largest absolute Gasteiger partial charge is 0.478 e. The number of aliphatic hydroxyl groups is 1. The molecule has 148 valence electrons. The molecule has 4 aliphatic rings. The highest BCUT2D eigenvalue weighted by Crippen LogP contribution is 2.65. The maximum absolute atomic E-state index is 10.9. The lowest BCUT2D eigenvalue weighted by atomic mass is 9.47. The van der Waals surface area contributed by atoms with Gasteiger partial charge in [-0.3, -0.25) is 0 Å². The van der Waals surface area contributed by atoms with Gasteiger partial charge in [0.25, 0.3) is 0 Å². The number of hydrogen-bond acceptors (Lipinski definition) is 2. The average molecular weight is 371 g/mol. The van der Waals surface area contributed by atoms with E-state index in [0.717, 1.165) is 43.9 Å². The Morgan fingerprint density at radius 1 is 1.15 bits per heavy atom. The molecule has 4 rings (SSSR count). The minimum atomic E-state index is -0.858. The summed E-state index contributed by atoms with van der Waals surface area (Å²) in [7, 11) is 0. The van der Waals surface area contributed by atoms with Crippen molar-refractivity contribution in [2.75, 3.05) is 0 Å². The molecule has 2 fully saturated rings. The summed E-state index contributed by atoms with van der Waals surface area (Å²) in [6, 6.07) is 0. The zero-order valence-corrected chi connectivity index (χ0v) is 16.9. The number of carboxylic acids is 1. The van der Waals surface area contributed by atoms with E-state index >= 15 is 0 Å². The molecule has 27 heavy (non-hydrogen) atoms. The van der Waals surface area contributed by atoms with Crippen molar-refractivity contribution in [1.29, 1.82) is 0 Å². The highest BCUT2D eigenvalue weighted by Gasteiger charge is 2.56. The van der Waals surface area contributed by atoms with Crippen LogP contribution < -0.4 is 0 Å². The predicted octanol–water partition coefficient (Wildman–Crippen LogP) is 5.12. The van der Waals surface area contributed by atoms with Gasteiger partial charge in [-0.15, -0.1) is 0 Å². The number of carboxylic acid groups (broad SMARTS) is 1. The quantitative estimate of drug-likeness (QED) is 0.535. The number of fused-ring (bicyclic) bond motifs is 5. The number of carbonyl (C=O) groups is 1. The van der Waals surface area contributed by atoms with Crippen LogP contribution in [0.2, 0.25) is 0 Å². The van der Waals surface area contributed by atoms with Gasteiger partial charge < -0.3 is 10.2 Å². The Morgan fingerprint density at radius 2 is 1.89 bits per heavy atom. The van der Waals surface area contributed by atoms with Crippen molar-refractivity contribution in [3.8, 4) is 0 Å². The van der Waals surface area contributed by atoms with Crippen LogP contribution in [0.5, 0.6) is 0 Å². The molecule has 0 heterocycles. The van der Waals surface area contributed by atoms with E-state index in [0.29, 0.717) is 5.92 Å². The fourth-order valence-electron chi connectivity index (χ4n) is 7.28. The van der Waals surface area contributed by atoms with Crippen molar-refractivity contribution in [1.82, 2.24) is 0 Å². The molecule has 0 aromatic carbocycles. The Labute approximate surface area is 163 Å². The third-order valence-electron chi connectivity index (χ3n) is 8.74. The molecule has 0 saturated heterocycles. The summed E-state index contributed by atoms with van der Waals surface area (Å²) >= 11 is 0. The van der Waals surface area contributed by atoms with Crippen molar-refractivity contribution in [3.63, 3.8) is 0 Å². The van der Waals surface area contributed by atoms with E-state index in [9.17, 15) is 9.90 Å². The first-order valence-corrected chi connectivity index (χ1v) is 10.7. The van der Waals surface area contributed by atoms with Crippen molar-refractivity contribution < 1.29 is 15.0 Å². The maximum Gasteiger partial charge on any atom is 0.327 e. The van der Waals surface area contributed by atoms with Crippen LogP contribution in [0.4, 0.5) is 0 Å². The number of hydrogen-bond donors (Lipinski definition) is 2. The van der Waals surface area contributed by atoms with Gasteiger partial charge in [-0.2, -0.15) is 0 Å². The summed E-state index contributed by atoms with van der Waals surface area (Å²) in [6.07, 6.45) is 15.6. The third kappa shape index (κ3) is 2.93. The summed E-state index contributed by atoms with van der Waals surface area (Å²) in [5.41, 5.74) is 3.47. The van der Waals surface area contributed by atoms with Crippen LogP contribution in [0, 0.1) is 34.5 Å². The molecule has 2 N–H and O–H groups in total. The fraction of sp³-hybridized carbons (Fsp3) is 0.708. The highest BCUT2D eigenvalue weighted by molar-refractivity contribution is 5.79. The van der Waals surface area contributed by atoms with E-state index in [1.165, 1.54) is 30.1 Å². The van der Waals surface area contributed by atoms with Crippen LogP contribution >= 0.6 is 0 Å². The first kappa shape index (κ1) is 19.0. The zero-order chi connectivity index (χ0) is 19.4. The summed E-state index contributed by atoms with van der Waals surface area (Å²) in [5.74, 6) is 1.47. The summed E-state index contributed by atoms with van der Waals surface area (Å²) < 4.78 is 0. The van der Waals surface area contributed by atoms with E-state index in [1.54, 1.807) is 0 Å². The summed E-state index contributed by atoms with van der Waals surface area (Å²) in [4.78, 5) is 10.9. The Hall–Kier alpha value is -1.35. The molecule has 0 aromatic rings. The maximum atomic E-state index is 10.9. The molecule has 0 bridgehead atoms. The fourth-order valence-corrected chi connectivity index (χ4v) is 7.28. The molecule has 0 unspecified atom stereocenters. The van der Waals surface area contributed by atoms with Crippen LogP contribution in [-0.4, -0.2) is 22.3 Å². The van der Waals surface area contributed by atoms with Gasteiger partial charge in [0.2, 0.25) is 0 Å². The minimum absolute atomic E-state index is 0.142. The molecular weight excluding hydrogens is 336 g/mol. The molecule has 2 saturated carbocycles. The predicted molar refractivity (Wildman–Crippen MR) is 107 cm³/mol. The lowest BCUT2D eigenvalue weighted by molar-refractivity contribution is -0.131. The van der Waals surface area contributed by atoms with Crippen LogP contribution in [0.3, 0.4) is 0 Å². The van der Waals surface area contributed by atoms with E-state index in [1.807, 2.05) is 6.08 Å². The van der Waals surface area contributed by atoms with Crippen LogP contribution in [0.25, 0.3) is 0 Å². The number of rotatable bonds is 3. The molecule has 0 amide bonds. The van der Waals surface area contributed by atoms with Gasteiger partial charge in [0.05, 0.1) is 6.10 Å². The van der Waals surface area contributed by atoms with Gasteiger partial charge in [-0.05, 0) is 79.4 Å². The van der Waals surface area contributed by atoms with Crippen LogP contribution in [0.15, 0.2) is 35.5 Å². The Bertz CT molecular complexity index is 717. The molecule has 0 radical (unpaired) electrons. The van der Waals surface area contributed by atoms with Crippen LogP contribution in [0.1, 0.15) is 65.7 Å². The van der Waals surface area contributed by atoms with Crippen molar-refractivity contribution >= 4 is 5.97 Å². The smallest absolute Gasteiger partial charge is 0.327 e. The van der Waals surface area contributed by atoms with Gasteiger partial charge in [0, 0.05) is 6.08 Å². The standard InChI is InChI=1S/C24H34O3/c1-15(4-9-22(26)27)19-7-8-20-18-6-5-16-14-17(25)10-12-23(16,2)21(18)11-13-24(19,20)3/h4-5,7,9,15,17-18,20-21,25H,6,8,10-14H2,1-3H3,(H,26,27)/b9-4+/t15-,17-,18-,20-,21-,23-,24+/m0/s1. The molecule has 3 nitrogen and oxygen atoms in total. The first-order valence-electron chi connectivity index (χ1n) is 10.7. The van der Waals surface area contributed by atoms with Gasteiger partial charge in [0.1, 0.15) is 0 Å². The Balaban J connectivity index is 1.59. The third-order valence-corrected chi connectivity index (χ3v) is 8.74. The second-order valence-electron chi connectivity index (χ2n) is 9.99. The summed E-state index contributed by atoms with van der Waals surface area (Å²) in [5, 5.41) is 19.1. The van der Waals surface area contributed by atoms with Gasteiger partial charge >= 0.3 is 5.97 Å². The van der Waals surface area contributed by atoms with Crippen molar-refractivity contribution in [3.05, 3.63) is 35.5 Å². The van der Waals surface area contributed by atoms with Crippen LogP contribution in [-0.2, 0) is 4.79 Å². The second-order valence-corrected chi connectivity index (χ2v) is 9.99. The Kier molecular flexibility index (Phi) is 4.65. The topological polar surface area (TPSA) is 57.5 Å². The van der Waals surface area contributed by atoms with Crippen molar-refractivity contribution in [2.24, 2.45) is 34.5 Å². The summed E-state index contributed by atoms with van der Waals surface area (Å²) in [6.45, 7) is 7.05. The number of aliphatic carboxylic acids is 1. The lowest BCUT2D eigenvalue weighted by Gasteiger charge is -2.58. The normalized spacial score (nSPS) is 44.7. The van der Waals surface area contributed by atoms with E-state index in [-0.39, 0.29) is 22.9 Å². The monoisotopic (exact) mass is 370 g/mol. The van der Waals surface area contributed by atoms with E-state index in [4.69, 9.17) is 5.11 Å². The van der Waals surface area contributed by atoms with Gasteiger partial charge in [-0.1, -0.05) is 50.1 Å². The van der Waals surface area contributed by atoms with Crippen molar-refractivity contribution in [2.45, 2.75) is 71.8 Å². The van der Waals surface area contributed by atoms with Gasteiger partial charge in [0.15, 0.2) is 0 Å². The number of allylic oxidation sites excluding steroid dienone is 4. The molecule has 3 heteroatoms. The molecule has 4 aliphatic carbocycles. The molecule has 0 spiro atoms. The minimum Gasteiger partial charge on any atom is -0.478 e. The molecule has 0 aliphatic heterocycles. The molecule has 0 aromatic heterocycles.